The van der Waals surface area contributed by atoms with E-state index in [2.05, 4.69) is 0 Å². The minimum absolute atomic E-state index is 0.0623. The lowest BCUT2D eigenvalue weighted by atomic mass is 10.1. The van der Waals surface area contributed by atoms with Crippen LogP contribution in [0.5, 0.6) is 0 Å². The smallest absolute Gasteiger partial charge is 0.276 e. The molecule has 4 heterocycles. The highest BCUT2D eigenvalue weighted by Gasteiger charge is 2.36. The van der Waals surface area contributed by atoms with Gasteiger partial charge in [-0.2, -0.15) is 0 Å². The normalized spacial score (nSPS) is 23.0. The summed E-state index contributed by atoms with van der Waals surface area (Å²) < 4.78 is 10.9. The summed E-state index contributed by atoms with van der Waals surface area (Å²) >= 11 is 11.2. The van der Waals surface area contributed by atoms with Gasteiger partial charge in [-0.25, -0.2) is 0 Å². The highest BCUT2D eigenvalue weighted by Crippen LogP contribution is 2.25. The highest BCUT2D eigenvalue weighted by atomic mass is 32.1. The van der Waals surface area contributed by atoms with Gasteiger partial charge in [0, 0.05) is 40.0 Å². The maximum absolute atomic E-state index is 13.2. The molecule has 0 unspecified atom stereocenters. The molecule has 4 aliphatic heterocycles. The third kappa shape index (κ3) is 7.07. The van der Waals surface area contributed by atoms with Gasteiger partial charge < -0.3 is 29.1 Å². The molecule has 0 spiro atoms. The molecule has 0 aromatic heterocycles. The average molecular weight is 615 g/mol. The highest BCUT2D eigenvalue weighted by molar-refractivity contribution is 7.80. The van der Waals surface area contributed by atoms with E-state index >= 15 is 0 Å². The van der Waals surface area contributed by atoms with Gasteiger partial charge in [-0.3, -0.25) is 19.4 Å². The van der Waals surface area contributed by atoms with Crippen LogP contribution in [-0.4, -0.2) is 135 Å². The molecule has 4 saturated heterocycles. The number of hydrogen-bond donors (Lipinski definition) is 2. The zero-order valence-electron chi connectivity index (χ0n) is 24.6. The Labute approximate surface area is 259 Å². The van der Waals surface area contributed by atoms with Gasteiger partial charge in [-0.15, -0.1) is 0 Å². The average Bonchev–Trinajstić information content (AvgIpc) is 3.33. The molecule has 2 N–H and O–H groups in total. The van der Waals surface area contributed by atoms with Crippen molar-refractivity contribution in [1.82, 2.24) is 19.6 Å². The molecule has 226 valence electrons. The van der Waals surface area contributed by atoms with Crippen LogP contribution in [0, 0.1) is 0 Å². The summed E-state index contributed by atoms with van der Waals surface area (Å²) in [5, 5.41) is 1.08. The number of hydrogen-bond acceptors (Lipinski definition) is 6. The molecule has 42 heavy (non-hydrogen) atoms. The Hall–Kier alpha value is -2.74. The van der Waals surface area contributed by atoms with Crippen molar-refractivity contribution in [1.29, 1.82) is 0 Å². The number of benzene rings is 1. The summed E-state index contributed by atoms with van der Waals surface area (Å²) in [7, 11) is 3.69. The number of ether oxygens (including phenoxy) is 2. The van der Waals surface area contributed by atoms with Gasteiger partial charge in [0.1, 0.15) is 37.6 Å². The van der Waals surface area contributed by atoms with Crippen molar-refractivity contribution in [3.05, 3.63) is 46.8 Å². The Morgan fingerprint density at radius 2 is 1.05 bits per heavy atom. The lowest BCUT2D eigenvalue weighted by molar-refractivity contribution is -0.908. The number of thiocarbonyl (C=S) groups is 2. The first kappa shape index (κ1) is 30.7. The fourth-order valence-corrected chi connectivity index (χ4v) is 6.36. The Bertz CT molecular complexity index is 1150. The van der Waals surface area contributed by atoms with Crippen molar-refractivity contribution in [2.75, 3.05) is 92.9 Å². The van der Waals surface area contributed by atoms with Gasteiger partial charge in [0.25, 0.3) is 11.8 Å². The molecule has 4 fully saturated rings. The molecular formula is C30H42N6O4S2+2. The molecule has 2 amide bonds. The molecule has 12 heteroatoms. The molecule has 0 bridgehead atoms. The first-order valence-electron chi connectivity index (χ1n) is 14.9. The maximum Gasteiger partial charge on any atom is 0.276 e. The number of nitrogens with zero attached hydrogens (tertiary/aromatic N) is 4. The van der Waals surface area contributed by atoms with Gasteiger partial charge in [0.2, 0.25) is 0 Å². The van der Waals surface area contributed by atoms with Gasteiger partial charge in [-0.1, -0.05) is 24.3 Å². The number of carbonyl (C=O) groups is 2. The summed E-state index contributed by atoms with van der Waals surface area (Å²) in [6.07, 6.45) is 5.54. The van der Waals surface area contributed by atoms with Crippen LogP contribution in [0.1, 0.15) is 24.0 Å². The van der Waals surface area contributed by atoms with Crippen LogP contribution in [0.25, 0.3) is 12.2 Å². The van der Waals surface area contributed by atoms with Gasteiger partial charge in [-0.05, 0) is 47.7 Å². The first-order valence-corrected chi connectivity index (χ1v) is 15.7. The molecule has 0 aliphatic carbocycles. The van der Waals surface area contributed by atoms with Crippen LogP contribution in [0.2, 0.25) is 0 Å². The zero-order valence-corrected chi connectivity index (χ0v) is 26.2. The molecule has 0 saturated carbocycles. The number of rotatable bonds is 10. The monoisotopic (exact) mass is 614 g/mol. The Kier molecular flexibility index (Phi) is 10.3. The van der Waals surface area contributed by atoms with E-state index in [0.29, 0.717) is 34.7 Å². The summed E-state index contributed by atoms with van der Waals surface area (Å²) in [5.41, 5.74) is 2.91. The van der Waals surface area contributed by atoms with Crippen LogP contribution < -0.4 is 9.80 Å². The predicted octanol–water partition coefficient (Wildman–Crippen LogP) is -0.903. The van der Waals surface area contributed by atoms with Crippen molar-refractivity contribution < 1.29 is 28.9 Å². The van der Waals surface area contributed by atoms with E-state index in [-0.39, 0.29) is 11.8 Å². The van der Waals surface area contributed by atoms with Crippen LogP contribution >= 0.6 is 24.4 Å². The fraction of sp³-hybridized carbons (Fsp3) is 0.533. The maximum atomic E-state index is 13.2. The standard InChI is InChI=1S/C30H40N6O4S2/c1-31-25(27(37)35(29(31)41)11-3-9-33-13-17-39-18-14-33)21-23-5-7-24(8-6-23)22-26-28(38)36(30(42)32(26)2)12-4-10-34-15-19-40-20-16-34/h5-8,21-22H,3-4,9-20H2,1-2H3/p+2/b25-21+,26-22+. The molecule has 1 aromatic carbocycles. The van der Waals surface area contributed by atoms with Crippen LogP contribution in [-0.2, 0) is 19.1 Å². The number of amides is 2. The third-order valence-corrected chi connectivity index (χ3v) is 9.44. The van der Waals surface area contributed by atoms with E-state index in [1.807, 2.05) is 50.5 Å². The van der Waals surface area contributed by atoms with E-state index in [1.165, 1.54) is 9.80 Å². The summed E-state index contributed by atoms with van der Waals surface area (Å²) in [6.45, 7) is 10.5. The number of nitrogens with one attached hydrogen (secondary N) is 2. The molecule has 4 aliphatic rings. The molecule has 1 aromatic rings. The largest absolute Gasteiger partial charge is 0.370 e. The second-order valence-corrected chi connectivity index (χ2v) is 12.0. The zero-order chi connectivity index (χ0) is 29.6. The second-order valence-electron chi connectivity index (χ2n) is 11.3. The lowest BCUT2D eigenvalue weighted by Gasteiger charge is -2.24. The van der Waals surface area contributed by atoms with Crippen molar-refractivity contribution >= 4 is 58.6 Å². The third-order valence-electron chi connectivity index (χ3n) is 8.45. The number of morpholine rings is 2. The SMILES string of the molecule is CN1C(=S)N(CCC[NH+]2CCOCC2)C(=O)/C1=C\c1ccc(/C=C2\C(=O)N(CCC[NH+]3CCOCC3)C(=S)N2C)cc1. The Morgan fingerprint density at radius 1 is 0.690 bits per heavy atom. The van der Waals surface area contributed by atoms with E-state index in [1.54, 1.807) is 19.6 Å². The summed E-state index contributed by atoms with van der Waals surface area (Å²) in [6, 6.07) is 7.81. The summed E-state index contributed by atoms with van der Waals surface area (Å²) in [5.74, 6) is -0.125. The minimum Gasteiger partial charge on any atom is -0.370 e. The van der Waals surface area contributed by atoms with Gasteiger partial charge in [0.15, 0.2) is 10.2 Å². The van der Waals surface area contributed by atoms with Crippen molar-refractivity contribution in [2.24, 2.45) is 0 Å². The van der Waals surface area contributed by atoms with Gasteiger partial charge >= 0.3 is 0 Å². The predicted molar refractivity (Wildman–Crippen MR) is 169 cm³/mol. The molecular weight excluding hydrogens is 573 g/mol. The van der Waals surface area contributed by atoms with Crippen LogP contribution in [0.15, 0.2) is 35.7 Å². The fourth-order valence-electron chi connectivity index (χ4n) is 5.82. The molecule has 10 nitrogen and oxygen atoms in total. The second kappa shape index (κ2) is 14.2. The Morgan fingerprint density at radius 3 is 1.40 bits per heavy atom. The van der Waals surface area contributed by atoms with Crippen LogP contribution in [0.3, 0.4) is 0 Å². The molecule has 0 radical (unpaired) electrons. The topological polar surface area (TPSA) is 74.4 Å². The first-order chi connectivity index (χ1) is 20.3. The number of likely N-dealkylation sites (N-methyl/N-ethyl adjacent to an activating group) is 2. The summed E-state index contributed by atoms with van der Waals surface area (Å²) in [4.78, 5) is 36.5. The number of carbonyl (C=O) groups excluding carboxylic acids is 2. The lowest BCUT2D eigenvalue weighted by Crippen LogP contribution is -3.14. The minimum atomic E-state index is -0.0623. The molecule has 0 atom stereocenters. The van der Waals surface area contributed by atoms with Crippen LogP contribution in [0.4, 0.5) is 0 Å². The van der Waals surface area contributed by atoms with Crippen molar-refractivity contribution in [3.8, 4) is 0 Å². The van der Waals surface area contributed by atoms with E-state index in [4.69, 9.17) is 33.9 Å². The quantitative estimate of drug-likeness (QED) is 0.260. The van der Waals surface area contributed by atoms with E-state index in [0.717, 1.165) is 89.7 Å². The van der Waals surface area contributed by atoms with Crippen molar-refractivity contribution in [2.45, 2.75) is 12.8 Å². The van der Waals surface area contributed by atoms with Gasteiger partial charge in [0.05, 0.1) is 39.5 Å². The van der Waals surface area contributed by atoms with Crippen molar-refractivity contribution in [3.63, 3.8) is 0 Å². The Balaban J connectivity index is 1.18. The van der Waals surface area contributed by atoms with E-state index < -0.39 is 0 Å². The molecule has 5 rings (SSSR count). The van der Waals surface area contributed by atoms with E-state index in [9.17, 15) is 9.59 Å². The number of quaternary nitrogens is 2.